The number of hydrogen-bond acceptors (Lipinski definition) is 6. The molecule has 2 saturated heterocycles. The van der Waals surface area contributed by atoms with Crippen molar-refractivity contribution in [3.63, 3.8) is 0 Å². The summed E-state index contributed by atoms with van der Waals surface area (Å²) < 4.78 is 10.2. The van der Waals surface area contributed by atoms with Gasteiger partial charge in [-0.25, -0.2) is 0 Å². The fourth-order valence-electron chi connectivity index (χ4n) is 3.89. The molecular formula is C16H26N4O3. The van der Waals surface area contributed by atoms with Crippen LogP contribution < -0.4 is 0 Å². The molecule has 0 aromatic carbocycles. The van der Waals surface area contributed by atoms with Crippen LogP contribution in [0.3, 0.4) is 0 Å². The van der Waals surface area contributed by atoms with Crippen molar-refractivity contribution in [3.8, 4) is 0 Å². The molecular weight excluding hydrogens is 296 g/mol. The fourth-order valence-corrected chi connectivity index (χ4v) is 3.89. The first-order valence-electron chi connectivity index (χ1n) is 8.38. The smallest absolute Gasteiger partial charge is 0.223 e. The number of methoxy groups -OCH3 is 1. The molecule has 0 aliphatic carbocycles. The summed E-state index contributed by atoms with van der Waals surface area (Å²) in [5.41, 5.74) is 0.207. The SMILES string of the molecule is COCCN1C[C@]2(CCCN(Cc3noc(C)n3)C2)CCC1=O. The highest BCUT2D eigenvalue weighted by molar-refractivity contribution is 5.77. The van der Waals surface area contributed by atoms with E-state index in [2.05, 4.69) is 15.0 Å². The van der Waals surface area contributed by atoms with Crippen molar-refractivity contribution in [2.45, 2.75) is 39.2 Å². The normalized spacial score (nSPS) is 26.2. The predicted octanol–water partition coefficient (Wildman–Crippen LogP) is 1.23. The van der Waals surface area contributed by atoms with E-state index in [1.54, 1.807) is 7.11 Å². The number of nitrogens with zero attached hydrogens (tertiary/aromatic N) is 4. The average molecular weight is 322 g/mol. The van der Waals surface area contributed by atoms with Gasteiger partial charge in [0, 0.05) is 45.5 Å². The molecule has 1 atom stereocenters. The highest BCUT2D eigenvalue weighted by Gasteiger charge is 2.41. The van der Waals surface area contributed by atoms with Crippen LogP contribution in [0.5, 0.6) is 0 Å². The third-order valence-corrected chi connectivity index (χ3v) is 4.99. The molecule has 7 heteroatoms. The van der Waals surface area contributed by atoms with Gasteiger partial charge in [-0.15, -0.1) is 0 Å². The van der Waals surface area contributed by atoms with Crippen LogP contribution in [0.4, 0.5) is 0 Å². The zero-order chi connectivity index (χ0) is 16.3. The molecule has 7 nitrogen and oxygen atoms in total. The molecule has 0 bridgehead atoms. The van der Waals surface area contributed by atoms with Crippen molar-refractivity contribution >= 4 is 5.91 Å². The molecule has 1 amide bonds. The first kappa shape index (κ1) is 16.4. The van der Waals surface area contributed by atoms with Crippen LogP contribution in [0.15, 0.2) is 4.52 Å². The molecule has 3 heterocycles. The van der Waals surface area contributed by atoms with E-state index < -0.39 is 0 Å². The number of aryl methyl sites for hydroxylation is 1. The Morgan fingerprint density at radius 3 is 2.96 bits per heavy atom. The molecule has 0 saturated carbocycles. The zero-order valence-corrected chi connectivity index (χ0v) is 14.1. The molecule has 128 valence electrons. The number of carbonyl (C=O) groups excluding carboxylic acids is 1. The second-order valence-electron chi connectivity index (χ2n) is 6.85. The number of hydrogen-bond donors (Lipinski definition) is 0. The van der Waals surface area contributed by atoms with E-state index in [1.807, 2.05) is 11.8 Å². The van der Waals surface area contributed by atoms with E-state index in [-0.39, 0.29) is 11.3 Å². The van der Waals surface area contributed by atoms with Gasteiger partial charge in [-0.05, 0) is 25.8 Å². The summed E-state index contributed by atoms with van der Waals surface area (Å²) in [4.78, 5) is 20.8. The van der Waals surface area contributed by atoms with Crippen LogP contribution in [0.2, 0.25) is 0 Å². The Labute approximate surface area is 137 Å². The van der Waals surface area contributed by atoms with Gasteiger partial charge in [0.1, 0.15) is 0 Å². The second-order valence-corrected chi connectivity index (χ2v) is 6.85. The first-order valence-corrected chi connectivity index (χ1v) is 8.38. The molecule has 2 aliphatic heterocycles. The topological polar surface area (TPSA) is 71.7 Å². The van der Waals surface area contributed by atoms with Crippen LogP contribution in [-0.4, -0.2) is 65.7 Å². The summed E-state index contributed by atoms with van der Waals surface area (Å²) >= 11 is 0. The molecule has 2 aliphatic rings. The highest BCUT2D eigenvalue weighted by atomic mass is 16.5. The largest absolute Gasteiger partial charge is 0.383 e. The van der Waals surface area contributed by atoms with E-state index in [0.29, 0.717) is 25.5 Å². The van der Waals surface area contributed by atoms with Crippen LogP contribution in [-0.2, 0) is 16.1 Å². The number of likely N-dealkylation sites (tertiary alicyclic amines) is 2. The molecule has 0 N–H and O–H groups in total. The Balaban J connectivity index is 1.63. The molecule has 1 aromatic rings. The number of ether oxygens (including phenoxy) is 1. The third kappa shape index (κ3) is 3.90. The van der Waals surface area contributed by atoms with E-state index in [1.165, 1.54) is 6.42 Å². The Hall–Kier alpha value is -1.47. The number of amides is 1. The summed E-state index contributed by atoms with van der Waals surface area (Å²) in [6.45, 7) is 6.74. The van der Waals surface area contributed by atoms with Gasteiger partial charge in [0.25, 0.3) is 0 Å². The van der Waals surface area contributed by atoms with Gasteiger partial charge in [0.2, 0.25) is 11.8 Å². The maximum atomic E-state index is 12.1. The minimum Gasteiger partial charge on any atom is -0.383 e. The van der Waals surface area contributed by atoms with Crippen LogP contribution >= 0.6 is 0 Å². The summed E-state index contributed by atoms with van der Waals surface area (Å²) in [5.74, 6) is 1.63. The molecule has 1 aromatic heterocycles. The molecule has 0 unspecified atom stereocenters. The van der Waals surface area contributed by atoms with Gasteiger partial charge in [-0.1, -0.05) is 5.16 Å². The van der Waals surface area contributed by atoms with Crippen molar-refractivity contribution in [3.05, 3.63) is 11.7 Å². The molecule has 0 radical (unpaired) electrons. The van der Waals surface area contributed by atoms with Gasteiger partial charge in [-0.2, -0.15) is 4.98 Å². The lowest BCUT2D eigenvalue weighted by atomic mass is 9.73. The van der Waals surface area contributed by atoms with Crippen molar-refractivity contribution in [2.24, 2.45) is 5.41 Å². The third-order valence-electron chi connectivity index (χ3n) is 4.99. The monoisotopic (exact) mass is 322 g/mol. The number of piperidine rings is 2. The van der Waals surface area contributed by atoms with Gasteiger partial charge < -0.3 is 14.2 Å². The fraction of sp³-hybridized carbons (Fsp3) is 0.812. The van der Waals surface area contributed by atoms with Gasteiger partial charge in [0.05, 0.1) is 13.2 Å². The standard InChI is InChI=1S/C16H26N4O3/c1-13-17-14(18-23-13)10-19-7-3-5-16(11-19)6-4-15(21)20(12-16)8-9-22-2/h3-12H2,1-2H3/t16-/m1/s1. The second kappa shape index (κ2) is 6.97. The maximum Gasteiger partial charge on any atom is 0.223 e. The van der Waals surface area contributed by atoms with Gasteiger partial charge in [0.15, 0.2) is 5.82 Å². The van der Waals surface area contributed by atoms with E-state index in [9.17, 15) is 4.79 Å². The lowest BCUT2D eigenvalue weighted by Crippen LogP contribution is -2.54. The lowest BCUT2D eigenvalue weighted by molar-refractivity contribution is -0.140. The molecule has 23 heavy (non-hydrogen) atoms. The van der Waals surface area contributed by atoms with Gasteiger partial charge in [-0.3, -0.25) is 9.69 Å². The molecule has 2 fully saturated rings. The average Bonchev–Trinajstić information content (AvgIpc) is 2.94. The quantitative estimate of drug-likeness (QED) is 0.812. The van der Waals surface area contributed by atoms with Crippen molar-refractivity contribution < 1.29 is 14.1 Å². The Morgan fingerprint density at radius 2 is 2.22 bits per heavy atom. The number of aromatic nitrogens is 2. The van der Waals surface area contributed by atoms with Crippen LogP contribution in [0.1, 0.15) is 37.4 Å². The minimum atomic E-state index is 0.207. The lowest BCUT2D eigenvalue weighted by Gasteiger charge is -2.48. The van der Waals surface area contributed by atoms with Crippen LogP contribution in [0, 0.1) is 12.3 Å². The highest BCUT2D eigenvalue weighted by Crippen LogP contribution is 2.39. The van der Waals surface area contributed by atoms with Gasteiger partial charge >= 0.3 is 0 Å². The van der Waals surface area contributed by atoms with Crippen molar-refractivity contribution in [1.82, 2.24) is 19.9 Å². The Morgan fingerprint density at radius 1 is 1.35 bits per heavy atom. The predicted molar refractivity (Wildman–Crippen MR) is 83.7 cm³/mol. The maximum absolute atomic E-state index is 12.1. The zero-order valence-electron chi connectivity index (χ0n) is 14.1. The van der Waals surface area contributed by atoms with E-state index in [4.69, 9.17) is 9.26 Å². The summed E-state index contributed by atoms with van der Waals surface area (Å²) in [6, 6.07) is 0. The number of carbonyl (C=O) groups is 1. The van der Waals surface area contributed by atoms with Crippen LogP contribution in [0.25, 0.3) is 0 Å². The molecule has 3 rings (SSSR count). The summed E-state index contributed by atoms with van der Waals surface area (Å²) in [5, 5.41) is 4.00. The summed E-state index contributed by atoms with van der Waals surface area (Å²) in [6.07, 6.45) is 3.98. The molecule has 1 spiro atoms. The first-order chi connectivity index (χ1) is 11.1. The van der Waals surface area contributed by atoms with Crippen molar-refractivity contribution in [2.75, 3.05) is 39.9 Å². The summed E-state index contributed by atoms with van der Waals surface area (Å²) in [7, 11) is 1.68. The number of rotatable bonds is 5. The van der Waals surface area contributed by atoms with Crippen molar-refractivity contribution in [1.29, 1.82) is 0 Å². The van der Waals surface area contributed by atoms with E-state index >= 15 is 0 Å². The minimum absolute atomic E-state index is 0.207. The van der Waals surface area contributed by atoms with E-state index in [0.717, 1.165) is 44.8 Å². The Bertz CT molecular complexity index is 547. The Kier molecular flexibility index (Phi) is 4.96.